The van der Waals surface area contributed by atoms with Gasteiger partial charge in [-0.05, 0) is 18.6 Å². The van der Waals surface area contributed by atoms with Crippen LogP contribution in [0, 0.1) is 0 Å². The van der Waals surface area contributed by atoms with Crippen LogP contribution in [0.25, 0.3) is 10.7 Å². The molecule has 4 nitrogen and oxygen atoms in total. The van der Waals surface area contributed by atoms with Gasteiger partial charge in [0.1, 0.15) is 0 Å². The van der Waals surface area contributed by atoms with E-state index in [9.17, 15) is 9.90 Å². The first-order valence-corrected chi connectivity index (χ1v) is 5.89. The van der Waals surface area contributed by atoms with E-state index < -0.39 is 0 Å². The Hall–Kier alpha value is -1.33. The predicted octanol–water partition coefficient (Wildman–Crippen LogP) is 2.42. The average molecular weight is 257 g/mol. The highest BCUT2D eigenvalue weighted by Crippen LogP contribution is 2.29. The molecule has 0 spiro atoms. The second-order valence-electron chi connectivity index (χ2n) is 3.17. The monoisotopic (exact) mass is 256 g/mol. The van der Waals surface area contributed by atoms with Gasteiger partial charge in [-0.2, -0.15) is 4.98 Å². The van der Waals surface area contributed by atoms with Crippen LogP contribution in [0.3, 0.4) is 0 Å². The van der Waals surface area contributed by atoms with Crippen LogP contribution in [-0.2, 0) is 6.42 Å². The average Bonchev–Trinajstić information content (AvgIpc) is 2.64. The molecule has 2 aromatic rings. The molecule has 0 bridgehead atoms. The second-order valence-corrected chi connectivity index (χ2v) is 4.89. The Labute approximate surface area is 101 Å². The molecule has 2 heterocycles. The molecule has 0 saturated heterocycles. The zero-order chi connectivity index (χ0) is 11.7. The summed E-state index contributed by atoms with van der Waals surface area (Å²) in [6.45, 7) is 1.79. The van der Waals surface area contributed by atoms with Crippen molar-refractivity contribution in [3.8, 4) is 16.6 Å². The molecule has 2 rings (SSSR count). The number of aromatic nitrogens is 2. The fraction of sp³-hybridized carbons (Fsp3) is 0.200. The molecule has 0 unspecified atom stereocenters. The molecular weight excluding hydrogens is 248 g/mol. The Morgan fingerprint density at radius 2 is 2.31 bits per heavy atom. The van der Waals surface area contributed by atoms with E-state index in [4.69, 9.17) is 11.6 Å². The summed E-state index contributed by atoms with van der Waals surface area (Å²) in [7, 11) is 0. The van der Waals surface area contributed by atoms with Crippen molar-refractivity contribution < 1.29 is 5.11 Å². The number of halogens is 1. The van der Waals surface area contributed by atoms with E-state index in [2.05, 4.69) is 9.97 Å². The summed E-state index contributed by atoms with van der Waals surface area (Å²) in [5.41, 5.74) is -0.0130. The summed E-state index contributed by atoms with van der Waals surface area (Å²) in [6.07, 6.45) is 0.444. The Balaban J connectivity index is 2.56. The van der Waals surface area contributed by atoms with Gasteiger partial charge < -0.3 is 10.1 Å². The Morgan fingerprint density at radius 3 is 2.81 bits per heavy atom. The summed E-state index contributed by atoms with van der Waals surface area (Å²) in [6, 6.07) is 3.46. The van der Waals surface area contributed by atoms with Crippen LogP contribution in [0.15, 0.2) is 16.9 Å². The maximum Gasteiger partial charge on any atom is 0.258 e. The fourth-order valence-electron chi connectivity index (χ4n) is 1.36. The Kier molecular flexibility index (Phi) is 2.98. The number of aromatic hydroxyl groups is 1. The lowest BCUT2D eigenvalue weighted by atomic mass is 10.2. The van der Waals surface area contributed by atoms with Crippen molar-refractivity contribution in [2.45, 2.75) is 13.3 Å². The lowest BCUT2D eigenvalue weighted by Gasteiger charge is -2.01. The number of rotatable bonds is 2. The third-order valence-corrected chi connectivity index (χ3v) is 3.39. The van der Waals surface area contributed by atoms with E-state index in [-0.39, 0.29) is 11.4 Å². The first kappa shape index (κ1) is 11.2. The van der Waals surface area contributed by atoms with E-state index in [1.807, 2.05) is 0 Å². The van der Waals surface area contributed by atoms with Crippen LogP contribution in [0.4, 0.5) is 0 Å². The van der Waals surface area contributed by atoms with Crippen LogP contribution < -0.4 is 5.56 Å². The highest BCUT2D eigenvalue weighted by molar-refractivity contribution is 7.19. The molecule has 2 N–H and O–H groups in total. The highest BCUT2D eigenvalue weighted by atomic mass is 35.5. The number of nitrogens with one attached hydrogen (secondary N) is 1. The molecule has 6 heteroatoms. The van der Waals surface area contributed by atoms with E-state index >= 15 is 0 Å². The number of hydrogen-bond acceptors (Lipinski definition) is 4. The van der Waals surface area contributed by atoms with Crippen molar-refractivity contribution in [1.82, 2.24) is 9.97 Å². The molecule has 0 saturated carbocycles. The topological polar surface area (TPSA) is 66.0 Å². The van der Waals surface area contributed by atoms with E-state index in [0.717, 1.165) is 4.88 Å². The summed E-state index contributed by atoms with van der Waals surface area (Å²) in [5.74, 6) is 0.127. The minimum atomic E-state index is -0.311. The number of nitrogens with zero attached hydrogens (tertiary/aromatic N) is 1. The van der Waals surface area contributed by atoms with Gasteiger partial charge in [-0.3, -0.25) is 4.79 Å². The number of aromatic amines is 1. The highest BCUT2D eigenvalue weighted by Gasteiger charge is 2.11. The van der Waals surface area contributed by atoms with Crippen molar-refractivity contribution in [1.29, 1.82) is 0 Å². The van der Waals surface area contributed by atoms with Crippen LogP contribution in [0.1, 0.15) is 12.5 Å². The predicted molar refractivity (Wildman–Crippen MR) is 64.2 cm³/mol. The number of hydrogen-bond donors (Lipinski definition) is 2. The zero-order valence-electron chi connectivity index (χ0n) is 8.45. The molecule has 0 aliphatic carbocycles. The smallest absolute Gasteiger partial charge is 0.258 e. The fourth-order valence-corrected chi connectivity index (χ4v) is 2.35. The molecule has 0 fully saturated rings. The second kappa shape index (κ2) is 4.27. The van der Waals surface area contributed by atoms with Crippen LogP contribution in [-0.4, -0.2) is 15.1 Å². The molecule has 16 heavy (non-hydrogen) atoms. The SMILES string of the molecule is CCc1c(O)nc(-c2ccc(Cl)s2)[nH]c1=O. The summed E-state index contributed by atoms with van der Waals surface area (Å²) in [4.78, 5) is 18.9. The Bertz CT molecular complexity index is 576. The van der Waals surface area contributed by atoms with Crippen LogP contribution in [0.5, 0.6) is 5.88 Å². The molecule has 84 valence electrons. The van der Waals surface area contributed by atoms with Crippen molar-refractivity contribution in [2.24, 2.45) is 0 Å². The van der Waals surface area contributed by atoms with Crippen LogP contribution >= 0.6 is 22.9 Å². The van der Waals surface area contributed by atoms with E-state index in [0.29, 0.717) is 22.1 Å². The van der Waals surface area contributed by atoms with Gasteiger partial charge in [-0.1, -0.05) is 18.5 Å². The summed E-state index contributed by atoms with van der Waals surface area (Å²) < 4.78 is 0.608. The van der Waals surface area contributed by atoms with E-state index in [1.165, 1.54) is 11.3 Å². The first-order chi connectivity index (χ1) is 7.61. The van der Waals surface area contributed by atoms with Crippen molar-refractivity contribution in [3.63, 3.8) is 0 Å². The molecule has 0 aliphatic rings. The minimum Gasteiger partial charge on any atom is -0.493 e. The van der Waals surface area contributed by atoms with Gasteiger partial charge in [-0.15, -0.1) is 11.3 Å². The molecular formula is C10H9ClN2O2S. The van der Waals surface area contributed by atoms with Crippen molar-refractivity contribution >= 4 is 22.9 Å². The third kappa shape index (κ3) is 1.96. The van der Waals surface area contributed by atoms with Gasteiger partial charge in [0.2, 0.25) is 5.88 Å². The molecule has 0 radical (unpaired) electrons. The molecule has 0 aromatic carbocycles. The van der Waals surface area contributed by atoms with E-state index in [1.54, 1.807) is 19.1 Å². The largest absolute Gasteiger partial charge is 0.493 e. The summed E-state index contributed by atoms with van der Waals surface area (Å²) in [5, 5.41) is 9.58. The lowest BCUT2D eigenvalue weighted by Crippen LogP contribution is -2.14. The molecule has 2 aromatic heterocycles. The van der Waals surface area contributed by atoms with Gasteiger partial charge in [0.25, 0.3) is 5.56 Å². The zero-order valence-corrected chi connectivity index (χ0v) is 10.0. The minimum absolute atomic E-state index is 0.217. The quantitative estimate of drug-likeness (QED) is 0.867. The van der Waals surface area contributed by atoms with Crippen LogP contribution in [0.2, 0.25) is 4.34 Å². The van der Waals surface area contributed by atoms with Crippen molar-refractivity contribution in [2.75, 3.05) is 0 Å². The molecule has 0 atom stereocenters. The summed E-state index contributed by atoms with van der Waals surface area (Å²) >= 11 is 7.08. The maximum absolute atomic E-state index is 11.6. The van der Waals surface area contributed by atoms with Gasteiger partial charge in [-0.25, -0.2) is 0 Å². The normalized spacial score (nSPS) is 10.6. The van der Waals surface area contributed by atoms with Gasteiger partial charge in [0.05, 0.1) is 14.8 Å². The number of thiophene rings is 1. The molecule has 0 amide bonds. The maximum atomic E-state index is 11.6. The van der Waals surface area contributed by atoms with Crippen molar-refractivity contribution in [3.05, 3.63) is 32.4 Å². The van der Waals surface area contributed by atoms with Gasteiger partial charge >= 0.3 is 0 Å². The third-order valence-electron chi connectivity index (χ3n) is 2.15. The first-order valence-electron chi connectivity index (χ1n) is 4.69. The standard InChI is InChI=1S/C10H9ClN2O2S/c1-2-5-9(14)12-8(13-10(5)15)6-3-4-7(11)16-6/h3-4H,2H2,1H3,(H2,12,13,14,15). The van der Waals surface area contributed by atoms with Gasteiger partial charge in [0.15, 0.2) is 5.82 Å². The Morgan fingerprint density at radius 1 is 1.56 bits per heavy atom. The van der Waals surface area contributed by atoms with Gasteiger partial charge in [0, 0.05) is 0 Å². The molecule has 0 aliphatic heterocycles. The number of H-pyrrole nitrogens is 1. The lowest BCUT2D eigenvalue weighted by molar-refractivity contribution is 0.444.